The van der Waals surface area contributed by atoms with Crippen LogP contribution in [0.25, 0.3) is 0 Å². The molecule has 0 aromatic carbocycles. The van der Waals surface area contributed by atoms with Crippen molar-refractivity contribution in [3.63, 3.8) is 0 Å². The van der Waals surface area contributed by atoms with Gasteiger partial charge in [-0.3, -0.25) is 9.59 Å². The Morgan fingerprint density at radius 2 is 1.67 bits per heavy atom. The predicted octanol–water partition coefficient (Wildman–Crippen LogP) is 4.32. The van der Waals surface area contributed by atoms with Gasteiger partial charge in [-0.15, -0.1) is 0 Å². The van der Waals surface area contributed by atoms with Crippen molar-refractivity contribution in [1.29, 1.82) is 0 Å². The Morgan fingerprint density at radius 1 is 1.05 bits per heavy atom. The fourth-order valence-electron chi connectivity index (χ4n) is 2.32. The minimum Gasteiger partial charge on any atom is -0.469 e. The van der Waals surface area contributed by atoms with Crippen molar-refractivity contribution < 1.29 is 18.7 Å². The van der Waals surface area contributed by atoms with Crippen molar-refractivity contribution in [2.24, 2.45) is 0 Å². The first-order chi connectivity index (χ1) is 10.3. The number of methoxy groups -OCH3 is 1. The summed E-state index contributed by atoms with van der Waals surface area (Å²) < 4.78 is 9.93. The van der Waals surface area contributed by atoms with Gasteiger partial charge in [0.25, 0.3) is 0 Å². The first-order valence-electron chi connectivity index (χ1n) is 7.87. The highest BCUT2D eigenvalue weighted by Gasteiger charge is 2.01. The lowest BCUT2D eigenvalue weighted by molar-refractivity contribution is -0.140. The van der Waals surface area contributed by atoms with Crippen LogP contribution in [-0.2, 0) is 16.0 Å². The number of carbonyl (C=O) groups excluding carboxylic acids is 2. The molecule has 0 N–H and O–H groups in total. The van der Waals surface area contributed by atoms with Crippen LogP contribution in [0.15, 0.2) is 16.5 Å². The van der Waals surface area contributed by atoms with Crippen molar-refractivity contribution in [2.75, 3.05) is 7.11 Å². The summed E-state index contributed by atoms with van der Waals surface area (Å²) in [5.74, 6) is 1.21. The van der Waals surface area contributed by atoms with Gasteiger partial charge in [0, 0.05) is 12.8 Å². The molecule has 0 aliphatic carbocycles. The van der Waals surface area contributed by atoms with E-state index in [1.165, 1.54) is 39.2 Å². The van der Waals surface area contributed by atoms with Crippen LogP contribution in [0.5, 0.6) is 0 Å². The summed E-state index contributed by atoms with van der Waals surface area (Å²) in [6.45, 7) is 0. The van der Waals surface area contributed by atoms with Crippen LogP contribution in [0, 0.1) is 0 Å². The van der Waals surface area contributed by atoms with E-state index in [0.717, 1.165) is 37.7 Å². The van der Waals surface area contributed by atoms with Crippen LogP contribution in [0.4, 0.5) is 0 Å². The molecule has 1 aromatic rings. The van der Waals surface area contributed by atoms with Crippen molar-refractivity contribution in [3.05, 3.63) is 23.7 Å². The highest BCUT2D eigenvalue weighted by molar-refractivity contribution is 5.70. The number of aryl methyl sites for hydroxylation is 1. The average Bonchev–Trinajstić information content (AvgIpc) is 2.96. The molecule has 21 heavy (non-hydrogen) atoms. The zero-order valence-corrected chi connectivity index (χ0v) is 12.9. The fourth-order valence-corrected chi connectivity index (χ4v) is 2.32. The topological polar surface area (TPSA) is 56.5 Å². The first-order valence-corrected chi connectivity index (χ1v) is 7.87. The smallest absolute Gasteiger partial charge is 0.305 e. The summed E-state index contributed by atoms with van der Waals surface area (Å²) in [5, 5.41) is 0. The van der Waals surface area contributed by atoms with Gasteiger partial charge >= 0.3 is 5.97 Å². The maximum atomic E-state index is 10.9. The molecule has 0 bridgehead atoms. The monoisotopic (exact) mass is 294 g/mol. The summed E-state index contributed by atoms with van der Waals surface area (Å²) in [6, 6.07) is 3.60. The summed E-state index contributed by atoms with van der Waals surface area (Å²) in [7, 11) is 1.44. The Balaban J connectivity index is 1.86. The lowest BCUT2D eigenvalue weighted by Crippen LogP contribution is -1.99. The van der Waals surface area contributed by atoms with E-state index in [-0.39, 0.29) is 5.97 Å². The Kier molecular flexibility index (Phi) is 9.25. The number of hydrogen-bond acceptors (Lipinski definition) is 4. The minimum atomic E-state index is -0.106. The summed E-state index contributed by atoms with van der Waals surface area (Å²) >= 11 is 0. The molecule has 4 heteroatoms. The molecule has 0 aliphatic rings. The standard InChI is InChI=1S/C17H26O4/c1-20-17(19)11-9-7-5-3-2-4-6-8-10-15-12-13-16(14-18)21-15/h12-14H,2-11H2,1H3. The molecule has 0 saturated carbocycles. The molecule has 1 heterocycles. The maximum absolute atomic E-state index is 10.9. The zero-order valence-electron chi connectivity index (χ0n) is 12.9. The highest BCUT2D eigenvalue weighted by Crippen LogP contribution is 2.13. The van der Waals surface area contributed by atoms with Crippen molar-refractivity contribution >= 4 is 12.3 Å². The van der Waals surface area contributed by atoms with E-state index in [9.17, 15) is 9.59 Å². The van der Waals surface area contributed by atoms with E-state index >= 15 is 0 Å². The van der Waals surface area contributed by atoms with Gasteiger partial charge in [0.15, 0.2) is 12.0 Å². The average molecular weight is 294 g/mol. The molecule has 118 valence electrons. The number of carbonyl (C=O) groups is 2. The van der Waals surface area contributed by atoms with Gasteiger partial charge in [-0.25, -0.2) is 0 Å². The SMILES string of the molecule is COC(=O)CCCCCCCCCCc1ccc(C=O)o1. The molecular formula is C17H26O4. The second kappa shape index (κ2) is 11.1. The molecule has 0 radical (unpaired) electrons. The number of ether oxygens (including phenoxy) is 1. The molecule has 0 spiro atoms. The number of esters is 1. The van der Waals surface area contributed by atoms with E-state index in [2.05, 4.69) is 4.74 Å². The Hall–Kier alpha value is -1.58. The van der Waals surface area contributed by atoms with Crippen molar-refractivity contribution in [2.45, 2.75) is 64.2 Å². The third-order valence-corrected chi connectivity index (χ3v) is 3.58. The van der Waals surface area contributed by atoms with Gasteiger partial charge in [-0.2, -0.15) is 0 Å². The van der Waals surface area contributed by atoms with E-state index in [1.807, 2.05) is 6.07 Å². The minimum absolute atomic E-state index is 0.106. The number of aldehydes is 1. The summed E-state index contributed by atoms with van der Waals surface area (Å²) in [4.78, 5) is 21.4. The van der Waals surface area contributed by atoms with Crippen LogP contribution >= 0.6 is 0 Å². The largest absolute Gasteiger partial charge is 0.469 e. The number of unbranched alkanes of at least 4 members (excludes halogenated alkanes) is 7. The van der Waals surface area contributed by atoms with Crippen LogP contribution in [-0.4, -0.2) is 19.4 Å². The molecule has 0 amide bonds. The third kappa shape index (κ3) is 8.33. The molecule has 0 unspecified atom stereocenters. The van der Waals surface area contributed by atoms with Gasteiger partial charge < -0.3 is 9.15 Å². The van der Waals surface area contributed by atoms with Gasteiger partial charge in [-0.05, 0) is 25.0 Å². The second-order valence-corrected chi connectivity index (χ2v) is 5.33. The third-order valence-electron chi connectivity index (χ3n) is 3.58. The van der Waals surface area contributed by atoms with Gasteiger partial charge in [0.2, 0.25) is 0 Å². The Morgan fingerprint density at radius 3 is 2.24 bits per heavy atom. The van der Waals surface area contributed by atoms with E-state index in [1.54, 1.807) is 6.07 Å². The lowest BCUT2D eigenvalue weighted by Gasteiger charge is -2.02. The zero-order chi connectivity index (χ0) is 15.3. The van der Waals surface area contributed by atoms with Gasteiger partial charge in [-0.1, -0.05) is 38.5 Å². The fraction of sp³-hybridized carbons (Fsp3) is 0.647. The van der Waals surface area contributed by atoms with Gasteiger partial charge in [0.1, 0.15) is 5.76 Å². The van der Waals surface area contributed by atoms with Crippen molar-refractivity contribution in [1.82, 2.24) is 0 Å². The van der Waals surface area contributed by atoms with Gasteiger partial charge in [0.05, 0.1) is 7.11 Å². The molecule has 0 aliphatic heterocycles. The molecule has 1 rings (SSSR count). The normalized spacial score (nSPS) is 10.5. The molecular weight excluding hydrogens is 268 g/mol. The molecule has 0 fully saturated rings. The van der Waals surface area contributed by atoms with Crippen LogP contribution in [0.1, 0.15) is 74.1 Å². The van der Waals surface area contributed by atoms with Crippen LogP contribution in [0.2, 0.25) is 0 Å². The number of rotatable bonds is 12. The maximum Gasteiger partial charge on any atom is 0.305 e. The quantitative estimate of drug-likeness (QED) is 0.327. The lowest BCUT2D eigenvalue weighted by atomic mass is 10.1. The van der Waals surface area contributed by atoms with Crippen LogP contribution < -0.4 is 0 Å². The summed E-state index contributed by atoms with van der Waals surface area (Å²) in [6.07, 6.45) is 11.4. The summed E-state index contributed by atoms with van der Waals surface area (Å²) in [5.41, 5.74) is 0. The highest BCUT2D eigenvalue weighted by atomic mass is 16.5. The van der Waals surface area contributed by atoms with E-state index < -0.39 is 0 Å². The number of hydrogen-bond donors (Lipinski definition) is 0. The van der Waals surface area contributed by atoms with E-state index in [4.69, 9.17) is 4.42 Å². The molecule has 0 saturated heterocycles. The van der Waals surface area contributed by atoms with E-state index in [0.29, 0.717) is 12.2 Å². The molecule has 1 aromatic heterocycles. The second-order valence-electron chi connectivity index (χ2n) is 5.33. The van der Waals surface area contributed by atoms with Crippen molar-refractivity contribution in [3.8, 4) is 0 Å². The Labute approximate surface area is 126 Å². The molecule has 4 nitrogen and oxygen atoms in total. The number of furan rings is 1. The first kappa shape index (κ1) is 17.5. The molecule has 0 atom stereocenters. The predicted molar refractivity (Wildman–Crippen MR) is 81.4 cm³/mol. The van der Waals surface area contributed by atoms with Crippen LogP contribution in [0.3, 0.4) is 0 Å². The Bertz CT molecular complexity index is 409.